The summed E-state index contributed by atoms with van der Waals surface area (Å²) in [6.45, 7) is 7.02. The predicted octanol–water partition coefficient (Wildman–Crippen LogP) is 4.69. The fraction of sp³-hybridized carbons (Fsp3) is 0.346. The van der Waals surface area contributed by atoms with Crippen LogP contribution in [0.2, 0.25) is 0 Å². The zero-order valence-electron chi connectivity index (χ0n) is 20.5. The molecule has 0 bridgehead atoms. The van der Waals surface area contributed by atoms with Gasteiger partial charge in [0.15, 0.2) is 6.10 Å². The van der Waals surface area contributed by atoms with E-state index >= 15 is 0 Å². The van der Waals surface area contributed by atoms with Gasteiger partial charge in [0.1, 0.15) is 11.7 Å². The second-order valence-corrected chi connectivity index (χ2v) is 9.03. The number of amides is 1. The first kappa shape index (κ1) is 27.4. The number of carbonyl (C=O) groups is 1. The SMILES string of the molecule is C=NC1=C(/C=C(\C)c2cc(NC(=O)c3ccnc(C(F)(F)F)c3)ccc2C)N2CCOC[C@@H]2C(F)(F)[C@@H]1O. The number of ether oxygens (including phenoxy) is 1. The summed E-state index contributed by atoms with van der Waals surface area (Å²) in [5.41, 5.74) is 0.973. The number of aryl methyl sites for hydroxylation is 1. The smallest absolute Gasteiger partial charge is 0.380 e. The van der Waals surface area contributed by atoms with E-state index in [1.807, 2.05) is 0 Å². The van der Waals surface area contributed by atoms with Crippen LogP contribution in [0.25, 0.3) is 5.57 Å². The number of anilines is 1. The van der Waals surface area contributed by atoms with Gasteiger partial charge in [-0.1, -0.05) is 6.07 Å². The van der Waals surface area contributed by atoms with E-state index in [0.29, 0.717) is 22.9 Å². The lowest BCUT2D eigenvalue weighted by Gasteiger charge is -2.47. The Morgan fingerprint density at radius 2 is 2.05 bits per heavy atom. The zero-order valence-corrected chi connectivity index (χ0v) is 20.5. The first-order chi connectivity index (χ1) is 17.8. The number of carbonyl (C=O) groups excluding carboxylic acids is 1. The molecule has 1 aromatic carbocycles. The first-order valence-electron chi connectivity index (χ1n) is 11.6. The Hall–Kier alpha value is -3.64. The summed E-state index contributed by atoms with van der Waals surface area (Å²) in [4.78, 5) is 21.1. The van der Waals surface area contributed by atoms with Crippen molar-refractivity contribution in [3.8, 4) is 0 Å². The second kappa shape index (κ2) is 10.3. The minimum atomic E-state index is -4.70. The molecule has 2 aromatic rings. The number of aliphatic hydroxyl groups excluding tert-OH is 1. The molecule has 2 atom stereocenters. The minimum absolute atomic E-state index is 0.159. The van der Waals surface area contributed by atoms with E-state index in [1.165, 1.54) is 11.0 Å². The average molecular weight is 537 g/mol. The zero-order chi connectivity index (χ0) is 27.8. The molecule has 0 saturated carbocycles. The molecule has 2 aliphatic rings. The van der Waals surface area contributed by atoms with Gasteiger partial charge in [0, 0.05) is 24.0 Å². The van der Waals surface area contributed by atoms with E-state index in [-0.39, 0.29) is 36.7 Å². The van der Waals surface area contributed by atoms with Crippen molar-refractivity contribution in [2.45, 2.75) is 38.1 Å². The number of aliphatic hydroxyl groups is 1. The van der Waals surface area contributed by atoms with Gasteiger partial charge in [-0.25, -0.2) is 8.78 Å². The van der Waals surface area contributed by atoms with Crippen LogP contribution >= 0.6 is 0 Å². The lowest BCUT2D eigenvalue weighted by atomic mass is 9.91. The summed E-state index contributed by atoms with van der Waals surface area (Å²) >= 11 is 0. The van der Waals surface area contributed by atoms with Crippen LogP contribution in [0.1, 0.15) is 34.1 Å². The molecule has 0 radical (unpaired) electrons. The predicted molar refractivity (Wildman–Crippen MR) is 131 cm³/mol. The Morgan fingerprint density at radius 1 is 1.32 bits per heavy atom. The Kier molecular flexibility index (Phi) is 7.39. The highest BCUT2D eigenvalue weighted by Gasteiger charge is 2.56. The number of nitrogens with zero attached hydrogens (tertiary/aromatic N) is 3. The number of alkyl halides is 5. The van der Waals surface area contributed by atoms with Crippen molar-refractivity contribution in [2.75, 3.05) is 25.1 Å². The largest absolute Gasteiger partial charge is 0.433 e. The lowest BCUT2D eigenvalue weighted by molar-refractivity contribution is -0.181. The molecular formula is C26H25F5N4O3. The summed E-state index contributed by atoms with van der Waals surface area (Å²) in [6.07, 6.45) is -4.34. The molecule has 4 rings (SSSR count). The van der Waals surface area contributed by atoms with Crippen LogP contribution in [0.4, 0.5) is 27.6 Å². The number of aliphatic imine (C=N–C) groups is 1. The van der Waals surface area contributed by atoms with Gasteiger partial charge in [-0.3, -0.25) is 14.8 Å². The second-order valence-electron chi connectivity index (χ2n) is 9.03. The third-order valence-electron chi connectivity index (χ3n) is 6.52. The van der Waals surface area contributed by atoms with E-state index in [2.05, 4.69) is 22.0 Å². The van der Waals surface area contributed by atoms with Crippen molar-refractivity contribution < 1.29 is 36.6 Å². The summed E-state index contributed by atoms with van der Waals surface area (Å²) in [6, 6.07) is 5.37. The van der Waals surface area contributed by atoms with E-state index in [0.717, 1.165) is 11.8 Å². The summed E-state index contributed by atoms with van der Waals surface area (Å²) in [5, 5.41) is 13.0. The van der Waals surface area contributed by atoms with E-state index in [4.69, 9.17) is 4.74 Å². The number of rotatable bonds is 5. The monoisotopic (exact) mass is 536 g/mol. The van der Waals surface area contributed by atoms with Crippen LogP contribution in [0.15, 0.2) is 59.0 Å². The van der Waals surface area contributed by atoms with Gasteiger partial charge < -0.3 is 20.1 Å². The van der Waals surface area contributed by atoms with Crippen LogP contribution in [-0.2, 0) is 10.9 Å². The number of morpholine rings is 1. The van der Waals surface area contributed by atoms with Gasteiger partial charge >= 0.3 is 12.1 Å². The molecule has 0 unspecified atom stereocenters. The van der Waals surface area contributed by atoms with Gasteiger partial charge in [0.25, 0.3) is 5.91 Å². The third-order valence-corrected chi connectivity index (χ3v) is 6.52. The molecule has 2 N–H and O–H groups in total. The average Bonchev–Trinajstić information content (AvgIpc) is 2.88. The maximum absolute atomic E-state index is 14.9. The molecule has 12 heteroatoms. The standard InChI is InChI=1S/C26H25F5N4O3/c1-14-4-5-17(34-24(37)16-6-7-33-20(11-16)26(29,30)31)12-18(14)15(2)10-19-22(32-3)23(36)25(27,28)21-13-38-9-8-35(19)21/h4-7,10-12,21,23,36H,3,8-9,13H2,1-2H3,(H,34,37)/b15-10+/t21-,23-/m1/s1. The van der Waals surface area contributed by atoms with E-state index in [9.17, 15) is 31.9 Å². The number of aromatic nitrogens is 1. The molecule has 1 aromatic heterocycles. The quantitative estimate of drug-likeness (QED) is 0.428. The van der Waals surface area contributed by atoms with Crippen LogP contribution < -0.4 is 5.32 Å². The fourth-order valence-electron chi connectivity index (χ4n) is 4.52. The number of hydrogen-bond donors (Lipinski definition) is 2. The van der Waals surface area contributed by atoms with Crippen molar-refractivity contribution >= 4 is 23.9 Å². The number of halogens is 5. The Balaban J connectivity index is 1.67. The number of pyridine rings is 1. The molecule has 0 spiro atoms. The van der Waals surface area contributed by atoms with Gasteiger partial charge in [-0.2, -0.15) is 13.2 Å². The van der Waals surface area contributed by atoms with Gasteiger partial charge in [0.05, 0.1) is 24.6 Å². The Bertz CT molecular complexity index is 1320. The topological polar surface area (TPSA) is 87.1 Å². The number of benzene rings is 1. The Morgan fingerprint density at radius 3 is 2.74 bits per heavy atom. The van der Waals surface area contributed by atoms with E-state index in [1.54, 1.807) is 38.1 Å². The fourth-order valence-corrected chi connectivity index (χ4v) is 4.52. The number of nitrogens with one attached hydrogen (secondary N) is 1. The molecule has 202 valence electrons. The molecular weight excluding hydrogens is 511 g/mol. The van der Waals surface area contributed by atoms with Gasteiger partial charge in [-0.05, 0) is 67.6 Å². The summed E-state index contributed by atoms with van der Waals surface area (Å²) < 4.78 is 73.9. The number of fused-ring (bicyclic) bond motifs is 1. The highest BCUT2D eigenvalue weighted by molar-refractivity contribution is 6.04. The first-order valence-corrected chi connectivity index (χ1v) is 11.6. The molecule has 2 aliphatic heterocycles. The van der Waals surface area contributed by atoms with Crippen molar-refractivity contribution in [2.24, 2.45) is 4.99 Å². The molecule has 3 heterocycles. The van der Waals surface area contributed by atoms with Crippen molar-refractivity contribution in [3.05, 3.63) is 76.4 Å². The van der Waals surface area contributed by atoms with Crippen molar-refractivity contribution in [1.29, 1.82) is 0 Å². The maximum atomic E-state index is 14.9. The van der Waals surface area contributed by atoms with Crippen molar-refractivity contribution in [1.82, 2.24) is 9.88 Å². The van der Waals surface area contributed by atoms with Gasteiger partial charge in [0.2, 0.25) is 0 Å². The van der Waals surface area contributed by atoms with Crippen LogP contribution in [-0.4, -0.2) is 65.4 Å². The van der Waals surface area contributed by atoms with Gasteiger partial charge in [-0.15, -0.1) is 0 Å². The number of hydrogen-bond acceptors (Lipinski definition) is 6. The maximum Gasteiger partial charge on any atom is 0.433 e. The Labute approximate surface area is 215 Å². The molecule has 38 heavy (non-hydrogen) atoms. The normalized spacial score (nSPS) is 21.7. The summed E-state index contributed by atoms with van der Waals surface area (Å²) in [5.74, 6) is -4.26. The molecule has 1 amide bonds. The summed E-state index contributed by atoms with van der Waals surface area (Å²) in [7, 11) is 0. The van der Waals surface area contributed by atoms with Crippen LogP contribution in [0.5, 0.6) is 0 Å². The molecule has 0 aliphatic carbocycles. The van der Waals surface area contributed by atoms with E-state index < -0.39 is 35.8 Å². The molecule has 1 fully saturated rings. The van der Waals surface area contributed by atoms with Crippen LogP contribution in [0.3, 0.4) is 0 Å². The highest BCUT2D eigenvalue weighted by Crippen LogP contribution is 2.42. The molecule has 7 nitrogen and oxygen atoms in total. The van der Waals surface area contributed by atoms with Crippen molar-refractivity contribution in [3.63, 3.8) is 0 Å². The lowest BCUT2D eigenvalue weighted by Crippen LogP contribution is -2.62. The highest BCUT2D eigenvalue weighted by atomic mass is 19.4. The van der Waals surface area contributed by atoms with Crippen LogP contribution in [0, 0.1) is 6.92 Å². The number of allylic oxidation sites excluding steroid dienone is 2. The minimum Gasteiger partial charge on any atom is -0.380 e. The third kappa shape index (κ3) is 5.18. The molecule has 1 saturated heterocycles.